The van der Waals surface area contributed by atoms with Gasteiger partial charge in [0.2, 0.25) is 0 Å². The molecule has 1 aliphatic heterocycles. The summed E-state index contributed by atoms with van der Waals surface area (Å²) in [6.07, 6.45) is 2.50. The van der Waals surface area contributed by atoms with Crippen molar-refractivity contribution in [2.45, 2.75) is 44.6 Å². The van der Waals surface area contributed by atoms with Gasteiger partial charge in [-0.3, -0.25) is 0 Å². The number of guanidine groups is 1. The summed E-state index contributed by atoms with van der Waals surface area (Å²) in [6, 6.07) is 4.75. The molecule has 0 amide bonds. The molecule has 4 nitrogen and oxygen atoms in total. The van der Waals surface area contributed by atoms with Crippen molar-refractivity contribution in [3.8, 4) is 0 Å². The van der Waals surface area contributed by atoms with Crippen LogP contribution in [-0.2, 0) is 13.2 Å². The molecule has 0 radical (unpaired) electrons. The SMILES string of the molecule is CCNC(=NCc1ccc(F)c(CO)c1)NCC1(C)CCCS1. The third-order valence-electron chi connectivity index (χ3n) is 3.97. The third-order valence-corrected chi connectivity index (χ3v) is 5.51. The number of thioether (sulfide) groups is 1. The first-order valence-corrected chi connectivity index (χ1v) is 9.09. The van der Waals surface area contributed by atoms with Gasteiger partial charge < -0.3 is 15.7 Å². The van der Waals surface area contributed by atoms with Crippen LogP contribution >= 0.6 is 11.8 Å². The summed E-state index contributed by atoms with van der Waals surface area (Å²) in [4.78, 5) is 4.56. The zero-order chi connectivity index (χ0) is 16.7. The molecule has 1 unspecified atom stereocenters. The Balaban J connectivity index is 1.97. The average Bonchev–Trinajstić information content (AvgIpc) is 2.98. The van der Waals surface area contributed by atoms with Gasteiger partial charge >= 0.3 is 0 Å². The Hall–Kier alpha value is -1.27. The van der Waals surface area contributed by atoms with Crippen molar-refractivity contribution in [1.82, 2.24) is 10.6 Å². The van der Waals surface area contributed by atoms with Crippen molar-refractivity contribution >= 4 is 17.7 Å². The Kier molecular flexibility index (Phi) is 6.72. The van der Waals surface area contributed by atoms with E-state index in [1.54, 1.807) is 12.1 Å². The molecule has 0 spiro atoms. The van der Waals surface area contributed by atoms with Crippen LogP contribution in [0, 0.1) is 5.82 Å². The summed E-state index contributed by atoms with van der Waals surface area (Å²) in [5.74, 6) is 1.62. The summed E-state index contributed by atoms with van der Waals surface area (Å²) in [6.45, 7) is 6.15. The van der Waals surface area contributed by atoms with E-state index in [-0.39, 0.29) is 17.2 Å². The fourth-order valence-corrected chi connectivity index (χ4v) is 3.85. The molecule has 0 aliphatic carbocycles. The van der Waals surface area contributed by atoms with Crippen LogP contribution < -0.4 is 10.6 Å². The van der Waals surface area contributed by atoms with Crippen LogP contribution in [0.25, 0.3) is 0 Å². The minimum atomic E-state index is -0.378. The molecule has 0 saturated carbocycles. The second-order valence-electron chi connectivity index (χ2n) is 6.03. The minimum absolute atomic E-state index is 0.274. The number of aliphatic hydroxyl groups is 1. The van der Waals surface area contributed by atoms with E-state index in [0.717, 1.165) is 24.6 Å². The maximum Gasteiger partial charge on any atom is 0.191 e. The first-order valence-electron chi connectivity index (χ1n) is 8.10. The van der Waals surface area contributed by atoms with Crippen LogP contribution in [0.3, 0.4) is 0 Å². The molecule has 1 aromatic carbocycles. The quantitative estimate of drug-likeness (QED) is 0.551. The first-order chi connectivity index (χ1) is 11.1. The van der Waals surface area contributed by atoms with Crippen molar-refractivity contribution in [3.63, 3.8) is 0 Å². The van der Waals surface area contributed by atoms with Gasteiger partial charge in [-0.1, -0.05) is 6.07 Å². The molecule has 128 valence electrons. The zero-order valence-electron chi connectivity index (χ0n) is 13.9. The topological polar surface area (TPSA) is 56.7 Å². The van der Waals surface area contributed by atoms with E-state index in [2.05, 4.69) is 22.5 Å². The van der Waals surface area contributed by atoms with Gasteiger partial charge in [0.25, 0.3) is 0 Å². The van der Waals surface area contributed by atoms with Crippen LogP contribution in [0.2, 0.25) is 0 Å². The molecule has 1 atom stereocenters. The normalized spacial score (nSPS) is 21.5. The number of nitrogens with one attached hydrogen (secondary N) is 2. The lowest BCUT2D eigenvalue weighted by atomic mass is 10.1. The lowest BCUT2D eigenvalue weighted by Crippen LogP contribution is -2.43. The van der Waals surface area contributed by atoms with Crippen LogP contribution in [-0.4, -0.2) is 34.7 Å². The van der Waals surface area contributed by atoms with Crippen molar-refractivity contribution in [3.05, 3.63) is 35.1 Å². The van der Waals surface area contributed by atoms with Gasteiger partial charge in [0.15, 0.2) is 5.96 Å². The van der Waals surface area contributed by atoms with Crippen molar-refractivity contribution in [2.75, 3.05) is 18.8 Å². The highest BCUT2D eigenvalue weighted by molar-refractivity contribution is 8.00. The number of rotatable bonds is 6. The van der Waals surface area contributed by atoms with Gasteiger partial charge in [0, 0.05) is 23.4 Å². The number of hydrogen-bond donors (Lipinski definition) is 3. The van der Waals surface area contributed by atoms with Crippen LogP contribution in [0.5, 0.6) is 0 Å². The number of hydrogen-bond acceptors (Lipinski definition) is 3. The molecule has 1 aromatic rings. The molecule has 2 rings (SSSR count). The highest BCUT2D eigenvalue weighted by atomic mass is 32.2. The van der Waals surface area contributed by atoms with E-state index < -0.39 is 0 Å². The Morgan fingerprint density at radius 1 is 1.43 bits per heavy atom. The molecule has 3 N–H and O–H groups in total. The van der Waals surface area contributed by atoms with E-state index >= 15 is 0 Å². The Morgan fingerprint density at radius 3 is 2.91 bits per heavy atom. The fraction of sp³-hybridized carbons (Fsp3) is 0.588. The van der Waals surface area contributed by atoms with Gasteiger partial charge in [0.1, 0.15) is 5.82 Å². The molecular weight excluding hydrogens is 313 g/mol. The molecule has 1 fully saturated rings. The number of aliphatic hydroxyl groups excluding tert-OH is 1. The third kappa shape index (κ3) is 5.39. The molecule has 1 heterocycles. The van der Waals surface area contributed by atoms with Gasteiger partial charge in [-0.05, 0) is 50.1 Å². The molecule has 23 heavy (non-hydrogen) atoms. The summed E-state index contributed by atoms with van der Waals surface area (Å²) in [5, 5.41) is 15.8. The number of nitrogens with zero attached hydrogens (tertiary/aromatic N) is 1. The predicted octanol–water partition coefficient (Wildman–Crippen LogP) is 2.66. The van der Waals surface area contributed by atoms with E-state index in [1.165, 1.54) is 24.7 Å². The molecule has 1 saturated heterocycles. The molecule has 6 heteroatoms. The lowest BCUT2D eigenvalue weighted by molar-refractivity contribution is 0.275. The van der Waals surface area contributed by atoms with E-state index in [4.69, 9.17) is 5.11 Å². The molecule has 1 aliphatic rings. The standard InChI is InChI=1S/C17H26FN3OS/c1-3-19-16(21-12-17(2)7-4-8-23-17)20-10-13-5-6-15(18)14(9-13)11-22/h5-6,9,22H,3-4,7-8,10-12H2,1-2H3,(H2,19,20,21). The second-order valence-corrected chi connectivity index (χ2v) is 7.72. The van der Waals surface area contributed by atoms with Crippen LogP contribution in [0.1, 0.15) is 37.8 Å². The summed E-state index contributed by atoms with van der Waals surface area (Å²) in [7, 11) is 0. The maximum absolute atomic E-state index is 13.4. The molecular formula is C17H26FN3OS. The summed E-state index contributed by atoms with van der Waals surface area (Å²) in [5.41, 5.74) is 1.19. The number of aliphatic imine (C=N–C) groups is 1. The van der Waals surface area contributed by atoms with Gasteiger partial charge in [-0.2, -0.15) is 11.8 Å². The van der Waals surface area contributed by atoms with E-state index in [9.17, 15) is 4.39 Å². The maximum atomic E-state index is 13.4. The fourth-order valence-electron chi connectivity index (χ4n) is 2.61. The highest BCUT2D eigenvalue weighted by Gasteiger charge is 2.29. The smallest absolute Gasteiger partial charge is 0.191 e. The monoisotopic (exact) mass is 339 g/mol. The van der Waals surface area contributed by atoms with Gasteiger partial charge in [0.05, 0.1) is 13.2 Å². The second kappa shape index (κ2) is 8.55. The van der Waals surface area contributed by atoms with Crippen molar-refractivity contribution < 1.29 is 9.50 Å². The van der Waals surface area contributed by atoms with Crippen molar-refractivity contribution in [1.29, 1.82) is 0 Å². The van der Waals surface area contributed by atoms with Crippen LogP contribution in [0.4, 0.5) is 4.39 Å². The highest BCUT2D eigenvalue weighted by Crippen LogP contribution is 2.36. The summed E-state index contributed by atoms with van der Waals surface area (Å²) < 4.78 is 13.7. The Morgan fingerprint density at radius 2 is 2.26 bits per heavy atom. The average molecular weight is 339 g/mol. The number of benzene rings is 1. The first kappa shape index (κ1) is 18.1. The van der Waals surface area contributed by atoms with Crippen molar-refractivity contribution in [2.24, 2.45) is 4.99 Å². The molecule has 0 aromatic heterocycles. The minimum Gasteiger partial charge on any atom is -0.392 e. The lowest BCUT2D eigenvalue weighted by Gasteiger charge is -2.24. The Labute approximate surface area is 142 Å². The Bertz CT molecular complexity index is 545. The largest absolute Gasteiger partial charge is 0.392 e. The number of halogens is 1. The van der Waals surface area contributed by atoms with Crippen LogP contribution in [0.15, 0.2) is 23.2 Å². The van der Waals surface area contributed by atoms with E-state index in [1.807, 2.05) is 18.7 Å². The van der Waals surface area contributed by atoms with E-state index in [0.29, 0.717) is 12.1 Å². The zero-order valence-corrected chi connectivity index (χ0v) is 14.7. The molecule has 0 bridgehead atoms. The van der Waals surface area contributed by atoms with Gasteiger partial charge in [-0.15, -0.1) is 0 Å². The summed E-state index contributed by atoms with van der Waals surface area (Å²) >= 11 is 2.01. The predicted molar refractivity (Wildman–Crippen MR) is 95.2 cm³/mol. The van der Waals surface area contributed by atoms with Gasteiger partial charge in [-0.25, -0.2) is 9.38 Å².